The Morgan fingerprint density at radius 3 is 2.70 bits per heavy atom. The van der Waals surface area contributed by atoms with Crippen molar-refractivity contribution in [2.24, 2.45) is 0 Å². The van der Waals surface area contributed by atoms with Crippen molar-refractivity contribution < 1.29 is 0 Å². The molecule has 0 saturated carbocycles. The number of benzene rings is 1. The standard InChI is InChI=1S/C14H20N6/c1-2-6-13(7-3-1)20-14(16-17-18-20)12-15-8-11-19-9-4-5-10-19/h1-3,6-7,15H,4-5,8-12H2. The SMILES string of the molecule is c1ccc(-n2nnnc2CNCCN2CCCC2)cc1. The van der Waals surface area contributed by atoms with Gasteiger partial charge in [-0.3, -0.25) is 0 Å². The van der Waals surface area contributed by atoms with Crippen molar-refractivity contribution in [3.8, 4) is 5.69 Å². The average Bonchev–Trinajstić information content (AvgIpc) is 3.16. The van der Waals surface area contributed by atoms with E-state index in [0.717, 1.165) is 24.6 Å². The molecule has 1 aromatic heterocycles. The molecular weight excluding hydrogens is 252 g/mol. The smallest absolute Gasteiger partial charge is 0.170 e. The second-order valence-corrected chi connectivity index (χ2v) is 5.07. The number of para-hydroxylation sites is 1. The minimum Gasteiger partial charge on any atom is -0.308 e. The van der Waals surface area contributed by atoms with E-state index in [-0.39, 0.29) is 0 Å². The van der Waals surface area contributed by atoms with Crippen molar-refractivity contribution in [3.63, 3.8) is 0 Å². The van der Waals surface area contributed by atoms with Crippen LogP contribution >= 0.6 is 0 Å². The highest BCUT2D eigenvalue weighted by Gasteiger charge is 2.11. The van der Waals surface area contributed by atoms with Crippen LogP contribution in [-0.4, -0.2) is 51.3 Å². The molecular formula is C14H20N6. The van der Waals surface area contributed by atoms with Gasteiger partial charge in [-0.15, -0.1) is 5.10 Å². The molecule has 1 aliphatic rings. The summed E-state index contributed by atoms with van der Waals surface area (Å²) in [6.45, 7) is 5.25. The fourth-order valence-corrected chi connectivity index (χ4v) is 2.53. The number of hydrogen-bond donors (Lipinski definition) is 1. The van der Waals surface area contributed by atoms with Gasteiger partial charge in [0.2, 0.25) is 0 Å². The normalized spacial score (nSPS) is 15.8. The minimum absolute atomic E-state index is 0.690. The summed E-state index contributed by atoms with van der Waals surface area (Å²) in [5.41, 5.74) is 0.994. The van der Waals surface area contributed by atoms with Crippen LogP contribution in [0, 0.1) is 0 Å². The van der Waals surface area contributed by atoms with Crippen LogP contribution in [0.25, 0.3) is 5.69 Å². The van der Waals surface area contributed by atoms with Gasteiger partial charge in [-0.25, -0.2) is 0 Å². The van der Waals surface area contributed by atoms with Crippen LogP contribution in [0.3, 0.4) is 0 Å². The first kappa shape index (κ1) is 13.2. The molecule has 1 aliphatic heterocycles. The average molecular weight is 272 g/mol. The Morgan fingerprint density at radius 1 is 1.10 bits per heavy atom. The van der Waals surface area contributed by atoms with Crippen LogP contribution in [0.2, 0.25) is 0 Å². The van der Waals surface area contributed by atoms with Crippen LogP contribution in [0.4, 0.5) is 0 Å². The van der Waals surface area contributed by atoms with E-state index >= 15 is 0 Å². The molecule has 0 amide bonds. The zero-order chi connectivity index (χ0) is 13.6. The Hall–Kier alpha value is -1.79. The van der Waals surface area contributed by atoms with Crippen molar-refractivity contribution >= 4 is 0 Å². The fourth-order valence-electron chi connectivity index (χ4n) is 2.53. The van der Waals surface area contributed by atoms with Crippen molar-refractivity contribution in [2.75, 3.05) is 26.2 Å². The molecule has 20 heavy (non-hydrogen) atoms. The first-order chi connectivity index (χ1) is 9.93. The van der Waals surface area contributed by atoms with Crippen LogP contribution in [0.15, 0.2) is 30.3 Å². The van der Waals surface area contributed by atoms with E-state index in [2.05, 4.69) is 25.7 Å². The molecule has 6 heteroatoms. The van der Waals surface area contributed by atoms with Crippen molar-refractivity contribution in [3.05, 3.63) is 36.2 Å². The summed E-state index contributed by atoms with van der Waals surface area (Å²) < 4.78 is 1.78. The summed E-state index contributed by atoms with van der Waals surface area (Å²) in [6, 6.07) is 9.97. The highest BCUT2D eigenvalue weighted by atomic mass is 15.5. The molecule has 0 spiro atoms. The number of nitrogens with zero attached hydrogens (tertiary/aromatic N) is 5. The number of aromatic nitrogens is 4. The molecule has 2 aromatic rings. The molecule has 1 N–H and O–H groups in total. The van der Waals surface area contributed by atoms with Crippen molar-refractivity contribution in [1.29, 1.82) is 0 Å². The van der Waals surface area contributed by atoms with Crippen LogP contribution < -0.4 is 5.32 Å². The zero-order valence-corrected chi connectivity index (χ0v) is 11.6. The number of likely N-dealkylation sites (tertiary alicyclic amines) is 1. The minimum atomic E-state index is 0.690. The fraction of sp³-hybridized carbons (Fsp3) is 0.500. The third-order valence-electron chi connectivity index (χ3n) is 3.62. The summed E-state index contributed by atoms with van der Waals surface area (Å²) in [6.07, 6.45) is 2.68. The molecule has 0 radical (unpaired) electrons. The molecule has 1 saturated heterocycles. The van der Waals surface area contributed by atoms with E-state index in [1.54, 1.807) is 4.68 Å². The van der Waals surface area contributed by atoms with E-state index in [1.165, 1.54) is 25.9 Å². The molecule has 0 atom stereocenters. The highest BCUT2D eigenvalue weighted by molar-refractivity contribution is 5.30. The number of rotatable bonds is 6. The summed E-state index contributed by atoms with van der Waals surface area (Å²) in [4.78, 5) is 2.49. The van der Waals surface area contributed by atoms with E-state index in [1.807, 2.05) is 30.3 Å². The second-order valence-electron chi connectivity index (χ2n) is 5.07. The Morgan fingerprint density at radius 2 is 1.90 bits per heavy atom. The highest BCUT2D eigenvalue weighted by Crippen LogP contribution is 2.07. The first-order valence-electron chi connectivity index (χ1n) is 7.19. The van der Waals surface area contributed by atoms with E-state index in [0.29, 0.717) is 6.54 Å². The van der Waals surface area contributed by atoms with Gasteiger partial charge >= 0.3 is 0 Å². The van der Waals surface area contributed by atoms with Gasteiger partial charge in [-0.05, 0) is 48.5 Å². The molecule has 0 bridgehead atoms. The summed E-state index contributed by atoms with van der Waals surface area (Å²) in [7, 11) is 0. The largest absolute Gasteiger partial charge is 0.308 e. The molecule has 3 rings (SSSR count). The summed E-state index contributed by atoms with van der Waals surface area (Å²) in [5, 5.41) is 15.3. The summed E-state index contributed by atoms with van der Waals surface area (Å²) >= 11 is 0. The summed E-state index contributed by atoms with van der Waals surface area (Å²) in [5.74, 6) is 0.845. The third kappa shape index (κ3) is 3.20. The molecule has 6 nitrogen and oxygen atoms in total. The third-order valence-corrected chi connectivity index (χ3v) is 3.62. The lowest BCUT2D eigenvalue weighted by atomic mass is 10.3. The molecule has 0 unspecified atom stereocenters. The van der Waals surface area contributed by atoms with E-state index in [9.17, 15) is 0 Å². The van der Waals surface area contributed by atoms with Gasteiger partial charge < -0.3 is 10.2 Å². The monoisotopic (exact) mass is 272 g/mol. The molecule has 106 valence electrons. The van der Waals surface area contributed by atoms with Gasteiger partial charge in [0, 0.05) is 13.1 Å². The predicted octanol–water partition coefficient (Wildman–Crippen LogP) is 0.848. The number of tetrazole rings is 1. The Labute approximate surface area is 118 Å². The van der Waals surface area contributed by atoms with Gasteiger partial charge in [-0.1, -0.05) is 18.2 Å². The predicted molar refractivity (Wildman–Crippen MR) is 76.5 cm³/mol. The quantitative estimate of drug-likeness (QED) is 0.790. The van der Waals surface area contributed by atoms with Crippen molar-refractivity contribution in [1.82, 2.24) is 30.4 Å². The Balaban J connectivity index is 1.52. The van der Waals surface area contributed by atoms with Gasteiger partial charge in [-0.2, -0.15) is 4.68 Å². The number of nitrogens with one attached hydrogen (secondary N) is 1. The maximum atomic E-state index is 4.09. The maximum Gasteiger partial charge on any atom is 0.170 e. The molecule has 2 heterocycles. The van der Waals surface area contributed by atoms with Gasteiger partial charge in [0.15, 0.2) is 5.82 Å². The lowest BCUT2D eigenvalue weighted by molar-refractivity contribution is 0.335. The number of hydrogen-bond acceptors (Lipinski definition) is 5. The van der Waals surface area contributed by atoms with E-state index < -0.39 is 0 Å². The lowest BCUT2D eigenvalue weighted by Gasteiger charge is -2.14. The molecule has 0 aliphatic carbocycles. The van der Waals surface area contributed by atoms with Crippen LogP contribution in [-0.2, 0) is 6.54 Å². The van der Waals surface area contributed by atoms with Crippen molar-refractivity contribution in [2.45, 2.75) is 19.4 Å². The Kier molecular flexibility index (Phi) is 4.35. The zero-order valence-electron chi connectivity index (χ0n) is 11.6. The van der Waals surface area contributed by atoms with Crippen LogP contribution in [0.1, 0.15) is 18.7 Å². The lowest BCUT2D eigenvalue weighted by Crippen LogP contribution is -2.30. The second kappa shape index (κ2) is 6.58. The Bertz CT molecular complexity index is 517. The van der Waals surface area contributed by atoms with E-state index in [4.69, 9.17) is 0 Å². The first-order valence-corrected chi connectivity index (χ1v) is 7.19. The van der Waals surface area contributed by atoms with Crippen LogP contribution in [0.5, 0.6) is 0 Å². The van der Waals surface area contributed by atoms with Gasteiger partial charge in [0.05, 0.1) is 12.2 Å². The van der Waals surface area contributed by atoms with Gasteiger partial charge in [0.25, 0.3) is 0 Å². The molecule has 1 aromatic carbocycles. The molecule has 1 fully saturated rings. The van der Waals surface area contributed by atoms with Gasteiger partial charge in [0.1, 0.15) is 0 Å². The topological polar surface area (TPSA) is 58.9 Å². The maximum absolute atomic E-state index is 4.09.